The third-order valence-electron chi connectivity index (χ3n) is 9.44. The molecule has 1 atom stereocenters. The van der Waals surface area contributed by atoms with E-state index < -0.39 is 0 Å². The van der Waals surface area contributed by atoms with Crippen LogP contribution in [0.5, 0.6) is 0 Å². The summed E-state index contributed by atoms with van der Waals surface area (Å²) in [6, 6.07) is 0. The molecular formula is C43H81NO4. The molecular weight excluding hydrogens is 594 g/mol. The fourth-order valence-electron chi connectivity index (χ4n) is 6.17. The maximum Gasteiger partial charge on any atom is 0.306 e. The van der Waals surface area contributed by atoms with E-state index in [1.54, 1.807) is 0 Å². The molecule has 0 aromatic rings. The van der Waals surface area contributed by atoms with Crippen LogP contribution in [0.15, 0.2) is 24.3 Å². The van der Waals surface area contributed by atoms with Gasteiger partial charge in [0, 0.05) is 19.4 Å². The van der Waals surface area contributed by atoms with Crippen LogP contribution in [0.2, 0.25) is 0 Å². The zero-order valence-electron chi connectivity index (χ0n) is 32.6. The van der Waals surface area contributed by atoms with Crippen molar-refractivity contribution >= 4 is 11.9 Å². The van der Waals surface area contributed by atoms with Gasteiger partial charge in [-0.2, -0.15) is 0 Å². The van der Waals surface area contributed by atoms with Crippen molar-refractivity contribution in [3.63, 3.8) is 0 Å². The monoisotopic (exact) mass is 676 g/mol. The van der Waals surface area contributed by atoms with Gasteiger partial charge in [0.25, 0.3) is 0 Å². The first-order chi connectivity index (χ1) is 23.6. The Labute approximate surface area is 299 Å². The van der Waals surface area contributed by atoms with Crippen LogP contribution in [-0.4, -0.2) is 49.2 Å². The maximum absolute atomic E-state index is 12.7. The largest absolute Gasteiger partial charge is 0.466 e. The lowest BCUT2D eigenvalue weighted by molar-refractivity contribution is -0.150. The minimum Gasteiger partial charge on any atom is -0.466 e. The second-order valence-corrected chi connectivity index (χ2v) is 13.9. The Morgan fingerprint density at radius 3 is 1.54 bits per heavy atom. The Bertz CT molecular complexity index is 745. The van der Waals surface area contributed by atoms with Crippen LogP contribution in [0.25, 0.3) is 0 Å². The Kier molecular flexibility index (Phi) is 36.9. The van der Waals surface area contributed by atoms with Gasteiger partial charge in [-0.15, -0.1) is 0 Å². The quantitative estimate of drug-likeness (QED) is 0.0373. The van der Waals surface area contributed by atoms with Gasteiger partial charge in [-0.25, -0.2) is 0 Å². The first kappa shape index (κ1) is 46.4. The predicted octanol–water partition coefficient (Wildman–Crippen LogP) is 12.9. The van der Waals surface area contributed by atoms with Crippen molar-refractivity contribution in [3.8, 4) is 0 Å². The summed E-state index contributed by atoms with van der Waals surface area (Å²) < 4.78 is 11.4. The summed E-state index contributed by atoms with van der Waals surface area (Å²) in [5.41, 5.74) is 0. The van der Waals surface area contributed by atoms with Crippen molar-refractivity contribution in [2.45, 2.75) is 214 Å². The van der Waals surface area contributed by atoms with Gasteiger partial charge >= 0.3 is 11.9 Å². The molecule has 282 valence electrons. The van der Waals surface area contributed by atoms with Crippen LogP contribution in [0, 0.1) is 0 Å². The Hall–Kier alpha value is -1.62. The lowest BCUT2D eigenvalue weighted by atomic mass is 10.0. The van der Waals surface area contributed by atoms with Gasteiger partial charge in [0.15, 0.2) is 0 Å². The van der Waals surface area contributed by atoms with Crippen molar-refractivity contribution in [1.82, 2.24) is 4.90 Å². The molecule has 0 amide bonds. The molecule has 0 spiro atoms. The highest BCUT2D eigenvalue weighted by Crippen LogP contribution is 2.18. The molecule has 1 unspecified atom stereocenters. The van der Waals surface area contributed by atoms with Crippen molar-refractivity contribution in [3.05, 3.63) is 24.3 Å². The fourth-order valence-corrected chi connectivity index (χ4v) is 6.17. The third kappa shape index (κ3) is 34.3. The number of ether oxygens (including phenoxy) is 2. The lowest BCUT2D eigenvalue weighted by Crippen LogP contribution is -2.25. The Morgan fingerprint density at radius 1 is 0.521 bits per heavy atom. The van der Waals surface area contributed by atoms with E-state index in [9.17, 15) is 9.59 Å². The molecule has 0 saturated heterocycles. The van der Waals surface area contributed by atoms with E-state index in [2.05, 4.69) is 56.9 Å². The molecule has 0 aromatic carbocycles. The average molecular weight is 676 g/mol. The summed E-state index contributed by atoms with van der Waals surface area (Å²) in [5, 5.41) is 0. The molecule has 0 heterocycles. The standard InChI is InChI=1S/C43H81NO4/c1-5-9-11-13-15-16-17-18-19-20-21-22-24-28-33-38-43(46)48-41(35-30-26-23-14-12-10-6-2)36-31-27-25-29-32-37-42(45)47-40-34-39-44(7-3)8-4/h15-16,18-19,41H,5-14,17,20-40H2,1-4H3/b16-15-,19-18-. The highest BCUT2D eigenvalue weighted by Gasteiger charge is 2.14. The normalized spacial score (nSPS) is 12.4. The number of carbonyl (C=O) groups excluding carboxylic acids is 2. The second-order valence-electron chi connectivity index (χ2n) is 13.9. The zero-order valence-corrected chi connectivity index (χ0v) is 32.6. The summed E-state index contributed by atoms with van der Waals surface area (Å²) in [4.78, 5) is 27.1. The van der Waals surface area contributed by atoms with Crippen molar-refractivity contribution < 1.29 is 19.1 Å². The van der Waals surface area contributed by atoms with E-state index >= 15 is 0 Å². The Morgan fingerprint density at radius 2 is 0.979 bits per heavy atom. The molecule has 0 aromatic heterocycles. The molecule has 0 N–H and O–H groups in total. The third-order valence-corrected chi connectivity index (χ3v) is 9.44. The predicted molar refractivity (Wildman–Crippen MR) is 208 cm³/mol. The summed E-state index contributed by atoms with van der Waals surface area (Å²) in [6.07, 6.45) is 40.7. The molecule has 0 aliphatic heterocycles. The fraction of sp³-hybridized carbons (Fsp3) is 0.860. The average Bonchev–Trinajstić information content (AvgIpc) is 3.09. The van der Waals surface area contributed by atoms with Gasteiger partial charge in [0.2, 0.25) is 0 Å². The summed E-state index contributed by atoms with van der Waals surface area (Å²) >= 11 is 0. The molecule has 0 radical (unpaired) electrons. The smallest absolute Gasteiger partial charge is 0.306 e. The summed E-state index contributed by atoms with van der Waals surface area (Å²) in [6.45, 7) is 12.5. The van der Waals surface area contributed by atoms with E-state index in [4.69, 9.17) is 9.47 Å². The van der Waals surface area contributed by atoms with E-state index in [-0.39, 0.29) is 18.0 Å². The van der Waals surface area contributed by atoms with Crippen LogP contribution < -0.4 is 0 Å². The van der Waals surface area contributed by atoms with Gasteiger partial charge in [0.05, 0.1) is 6.61 Å². The number of esters is 2. The molecule has 0 aliphatic rings. The zero-order chi connectivity index (χ0) is 35.2. The minimum atomic E-state index is -0.0553. The Balaban J connectivity index is 4.11. The van der Waals surface area contributed by atoms with Crippen LogP contribution in [0.1, 0.15) is 207 Å². The number of hydrogen-bond donors (Lipinski definition) is 0. The molecule has 0 bridgehead atoms. The molecule has 5 nitrogen and oxygen atoms in total. The number of hydrogen-bond acceptors (Lipinski definition) is 5. The first-order valence-electron chi connectivity index (χ1n) is 20.9. The van der Waals surface area contributed by atoms with Gasteiger partial charge in [-0.05, 0) is 90.1 Å². The molecule has 5 heteroatoms. The number of rotatable bonds is 37. The van der Waals surface area contributed by atoms with E-state index in [1.165, 1.54) is 83.5 Å². The van der Waals surface area contributed by atoms with Gasteiger partial charge in [-0.3, -0.25) is 9.59 Å². The molecule has 0 rings (SSSR count). The molecule has 0 aliphatic carbocycles. The minimum absolute atomic E-state index is 0.00392. The highest BCUT2D eigenvalue weighted by atomic mass is 16.5. The number of unbranched alkanes of at least 4 members (excludes halogenated alkanes) is 18. The molecule has 48 heavy (non-hydrogen) atoms. The molecule has 0 fully saturated rings. The summed E-state index contributed by atoms with van der Waals surface area (Å²) in [7, 11) is 0. The van der Waals surface area contributed by atoms with Crippen molar-refractivity contribution in [1.29, 1.82) is 0 Å². The lowest BCUT2D eigenvalue weighted by Gasteiger charge is -2.18. The second kappa shape index (κ2) is 38.2. The van der Waals surface area contributed by atoms with Gasteiger partial charge in [0.1, 0.15) is 6.10 Å². The number of allylic oxidation sites excluding steroid dienone is 4. The van der Waals surface area contributed by atoms with E-state index in [1.807, 2.05) is 0 Å². The number of nitrogens with zero attached hydrogens (tertiary/aromatic N) is 1. The number of carbonyl (C=O) groups is 2. The van der Waals surface area contributed by atoms with Crippen LogP contribution in [0.4, 0.5) is 0 Å². The van der Waals surface area contributed by atoms with E-state index in [0.717, 1.165) is 103 Å². The highest BCUT2D eigenvalue weighted by molar-refractivity contribution is 5.69. The van der Waals surface area contributed by atoms with Crippen LogP contribution in [0.3, 0.4) is 0 Å². The van der Waals surface area contributed by atoms with Crippen LogP contribution in [-0.2, 0) is 19.1 Å². The molecule has 0 saturated carbocycles. The van der Waals surface area contributed by atoms with Gasteiger partial charge in [-0.1, -0.05) is 142 Å². The summed E-state index contributed by atoms with van der Waals surface area (Å²) in [5.74, 6) is -0.0513. The first-order valence-corrected chi connectivity index (χ1v) is 20.9. The maximum atomic E-state index is 12.7. The van der Waals surface area contributed by atoms with Crippen molar-refractivity contribution in [2.24, 2.45) is 0 Å². The van der Waals surface area contributed by atoms with Gasteiger partial charge < -0.3 is 14.4 Å². The topological polar surface area (TPSA) is 55.8 Å². The van der Waals surface area contributed by atoms with Crippen LogP contribution >= 0.6 is 0 Å². The van der Waals surface area contributed by atoms with E-state index in [0.29, 0.717) is 19.4 Å². The van der Waals surface area contributed by atoms with Crippen molar-refractivity contribution in [2.75, 3.05) is 26.2 Å². The SMILES string of the molecule is CCCCC/C=C\C/C=C\CCCCCCCC(=O)OC(CCCCCCCCC)CCCCCCCC(=O)OCCCN(CC)CC.